The summed E-state index contributed by atoms with van der Waals surface area (Å²) in [5.74, 6) is 0. The van der Waals surface area contributed by atoms with E-state index >= 15 is 0 Å². The molecule has 0 radical (unpaired) electrons. The highest BCUT2D eigenvalue weighted by molar-refractivity contribution is 9.09. The number of ether oxygens (including phenoxy) is 1. The molecule has 1 aromatic rings. The Morgan fingerprint density at radius 1 is 1.43 bits per heavy atom. The molecular formula is C11H16BrNO. The Kier molecular flexibility index (Phi) is 4.08. The number of alkyl halides is 1. The number of aromatic nitrogens is 1. The first-order valence-electron chi connectivity index (χ1n) is 4.67. The van der Waals surface area contributed by atoms with Crippen LogP contribution >= 0.6 is 15.9 Å². The quantitative estimate of drug-likeness (QED) is 0.775. The second-order valence-corrected chi connectivity index (χ2v) is 4.46. The van der Waals surface area contributed by atoms with E-state index in [1.807, 2.05) is 32.0 Å². The summed E-state index contributed by atoms with van der Waals surface area (Å²) in [4.78, 5) is 4.55. The zero-order valence-corrected chi connectivity index (χ0v) is 10.5. The number of hydrogen-bond donors (Lipinski definition) is 0. The van der Waals surface area contributed by atoms with Gasteiger partial charge in [0.2, 0.25) is 0 Å². The third-order valence-electron chi connectivity index (χ3n) is 2.28. The van der Waals surface area contributed by atoms with Gasteiger partial charge in [-0.25, -0.2) is 0 Å². The van der Waals surface area contributed by atoms with Crippen molar-refractivity contribution in [1.82, 2.24) is 4.98 Å². The summed E-state index contributed by atoms with van der Waals surface area (Å²) >= 11 is 3.41. The lowest BCUT2D eigenvalue weighted by Crippen LogP contribution is -2.21. The van der Waals surface area contributed by atoms with Gasteiger partial charge in [-0.15, -0.1) is 0 Å². The second kappa shape index (κ2) is 4.89. The normalized spacial score (nSPS) is 11.7. The Hall–Kier alpha value is -0.410. The van der Waals surface area contributed by atoms with Gasteiger partial charge in [0.1, 0.15) is 5.60 Å². The van der Waals surface area contributed by atoms with Crippen LogP contribution in [0.1, 0.15) is 25.2 Å². The van der Waals surface area contributed by atoms with Crippen LogP contribution in [0.15, 0.2) is 18.2 Å². The minimum Gasteiger partial charge on any atom is -0.373 e. The molecule has 0 aliphatic rings. The third-order valence-corrected chi connectivity index (χ3v) is 2.68. The van der Waals surface area contributed by atoms with Crippen molar-refractivity contribution < 1.29 is 4.74 Å². The van der Waals surface area contributed by atoms with Gasteiger partial charge in [-0.2, -0.15) is 0 Å². The molecule has 1 rings (SSSR count). The van der Waals surface area contributed by atoms with E-state index in [9.17, 15) is 0 Å². The van der Waals surface area contributed by atoms with Crippen molar-refractivity contribution in [3.63, 3.8) is 0 Å². The molecule has 1 heterocycles. The SMILES string of the molecule is COC(C)(C)c1cccc(CCBr)n1. The molecule has 2 nitrogen and oxygen atoms in total. The fourth-order valence-corrected chi connectivity index (χ4v) is 1.56. The highest BCUT2D eigenvalue weighted by atomic mass is 79.9. The number of pyridine rings is 1. The van der Waals surface area contributed by atoms with Crippen LogP contribution in [0.4, 0.5) is 0 Å². The highest BCUT2D eigenvalue weighted by Gasteiger charge is 2.20. The summed E-state index contributed by atoms with van der Waals surface area (Å²) in [6, 6.07) is 6.07. The van der Waals surface area contributed by atoms with Gasteiger partial charge < -0.3 is 4.74 Å². The molecule has 0 N–H and O–H groups in total. The predicted octanol–water partition coefficient (Wildman–Crippen LogP) is 2.90. The molecule has 0 saturated heterocycles. The molecule has 0 bridgehead atoms. The molecule has 0 atom stereocenters. The molecule has 0 spiro atoms. The number of nitrogens with zero attached hydrogens (tertiary/aromatic N) is 1. The maximum Gasteiger partial charge on any atom is 0.104 e. The third kappa shape index (κ3) is 2.79. The summed E-state index contributed by atoms with van der Waals surface area (Å²) in [6.07, 6.45) is 0.952. The summed E-state index contributed by atoms with van der Waals surface area (Å²) in [7, 11) is 1.71. The van der Waals surface area contributed by atoms with Gasteiger partial charge in [0.05, 0.1) is 5.69 Å². The van der Waals surface area contributed by atoms with Crippen LogP contribution in [0.5, 0.6) is 0 Å². The largest absolute Gasteiger partial charge is 0.373 e. The second-order valence-electron chi connectivity index (χ2n) is 3.67. The molecule has 0 saturated carbocycles. The van der Waals surface area contributed by atoms with Crippen molar-refractivity contribution in [3.05, 3.63) is 29.6 Å². The van der Waals surface area contributed by atoms with E-state index in [2.05, 4.69) is 20.9 Å². The van der Waals surface area contributed by atoms with Gasteiger partial charge in [0.25, 0.3) is 0 Å². The molecule has 78 valence electrons. The molecule has 0 aliphatic heterocycles. The van der Waals surface area contributed by atoms with Crippen LogP contribution in [0, 0.1) is 0 Å². The fraction of sp³-hybridized carbons (Fsp3) is 0.545. The smallest absolute Gasteiger partial charge is 0.104 e. The Morgan fingerprint density at radius 2 is 2.14 bits per heavy atom. The lowest BCUT2D eigenvalue weighted by Gasteiger charge is -2.22. The molecule has 0 aromatic carbocycles. The van der Waals surface area contributed by atoms with E-state index in [4.69, 9.17) is 4.74 Å². The first kappa shape index (κ1) is 11.7. The Morgan fingerprint density at radius 3 is 2.71 bits per heavy atom. The van der Waals surface area contributed by atoms with E-state index in [0.717, 1.165) is 23.1 Å². The Balaban J connectivity index is 2.93. The molecule has 0 unspecified atom stereocenters. The maximum absolute atomic E-state index is 5.38. The Bertz CT molecular complexity index is 299. The van der Waals surface area contributed by atoms with Crippen LogP contribution in [0.2, 0.25) is 0 Å². The number of methoxy groups -OCH3 is 1. The molecule has 1 aromatic heterocycles. The van der Waals surface area contributed by atoms with Gasteiger partial charge in [-0.1, -0.05) is 22.0 Å². The zero-order chi connectivity index (χ0) is 10.6. The lowest BCUT2D eigenvalue weighted by atomic mass is 10.0. The standard InChI is InChI=1S/C11H16BrNO/c1-11(2,14-3)10-6-4-5-9(13-10)7-8-12/h4-6H,7-8H2,1-3H3. The molecule has 3 heteroatoms. The van der Waals surface area contributed by atoms with Crippen molar-refractivity contribution in [2.75, 3.05) is 12.4 Å². The number of hydrogen-bond acceptors (Lipinski definition) is 2. The molecular weight excluding hydrogens is 242 g/mol. The summed E-state index contributed by atoms with van der Waals surface area (Å²) < 4.78 is 5.38. The minimum atomic E-state index is -0.303. The van der Waals surface area contributed by atoms with Crippen molar-refractivity contribution in [2.24, 2.45) is 0 Å². The zero-order valence-electron chi connectivity index (χ0n) is 8.88. The van der Waals surface area contributed by atoms with Crippen LogP contribution < -0.4 is 0 Å². The van der Waals surface area contributed by atoms with Crippen LogP contribution in [0.25, 0.3) is 0 Å². The van der Waals surface area contributed by atoms with E-state index in [0.29, 0.717) is 0 Å². The van der Waals surface area contributed by atoms with E-state index in [1.165, 1.54) is 0 Å². The van der Waals surface area contributed by atoms with Crippen molar-refractivity contribution >= 4 is 15.9 Å². The summed E-state index contributed by atoms with van der Waals surface area (Å²) in [5, 5.41) is 0.941. The number of halogens is 1. The molecule has 0 amide bonds. The summed E-state index contributed by atoms with van der Waals surface area (Å²) in [5.41, 5.74) is 1.78. The molecule has 0 fully saturated rings. The van der Waals surface area contributed by atoms with Gasteiger partial charge in [0, 0.05) is 18.1 Å². The number of aryl methyl sites for hydroxylation is 1. The van der Waals surface area contributed by atoms with Gasteiger partial charge in [0.15, 0.2) is 0 Å². The number of rotatable bonds is 4. The topological polar surface area (TPSA) is 22.1 Å². The minimum absolute atomic E-state index is 0.303. The monoisotopic (exact) mass is 257 g/mol. The van der Waals surface area contributed by atoms with Crippen molar-refractivity contribution in [1.29, 1.82) is 0 Å². The van der Waals surface area contributed by atoms with Gasteiger partial charge >= 0.3 is 0 Å². The fourth-order valence-electron chi connectivity index (χ4n) is 1.16. The highest BCUT2D eigenvalue weighted by Crippen LogP contribution is 2.21. The van der Waals surface area contributed by atoms with Crippen molar-refractivity contribution in [3.8, 4) is 0 Å². The van der Waals surface area contributed by atoms with Crippen molar-refractivity contribution in [2.45, 2.75) is 25.9 Å². The van der Waals surface area contributed by atoms with E-state index < -0.39 is 0 Å². The first-order valence-corrected chi connectivity index (χ1v) is 5.80. The lowest BCUT2D eigenvalue weighted by molar-refractivity contribution is 0.0153. The van der Waals surface area contributed by atoms with E-state index in [1.54, 1.807) is 7.11 Å². The maximum atomic E-state index is 5.38. The van der Waals surface area contributed by atoms with Crippen LogP contribution in [-0.2, 0) is 16.8 Å². The summed E-state index contributed by atoms with van der Waals surface area (Å²) in [6.45, 7) is 4.04. The molecule has 14 heavy (non-hydrogen) atoms. The van der Waals surface area contributed by atoms with Crippen LogP contribution in [0.3, 0.4) is 0 Å². The van der Waals surface area contributed by atoms with E-state index in [-0.39, 0.29) is 5.60 Å². The average Bonchev–Trinajstić information content (AvgIpc) is 2.19. The predicted molar refractivity (Wildman–Crippen MR) is 61.8 cm³/mol. The Labute approximate surface area is 93.8 Å². The van der Waals surface area contributed by atoms with Crippen LogP contribution in [-0.4, -0.2) is 17.4 Å². The van der Waals surface area contributed by atoms with Gasteiger partial charge in [-0.3, -0.25) is 4.98 Å². The average molecular weight is 258 g/mol. The first-order chi connectivity index (χ1) is 6.60. The van der Waals surface area contributed by atoms with Gasteiger partial charge in [-0.05, 0) is 32.4 Å². The molecule has 0 aliphatic carbocycles.